The second-order valence-corrected chi connectivity index (χ2v) is 8.93. The van der Waals surface area contributed by atoms with Gasteiger partial charge in [0.15, 0.2) is 0 Å². The summed E-state index contributed by atoms with van der Waals surface area (Å²) in [4.78, 5) is 13.8. The predicted octanol–water partition coefficient (Wildman–Crippen LogP) is 2.50. The van der Waals surface area contributed by atoms with Crippen molar-refractivity contribution in [3.05, 3.63) is 48.5 Å². The van der Waals surface area contributed by atoms with E-state index < -0.39 is 10.0 Å². The van der Waals surface area contributed by atoms with E-state index in [2.05, 4.69) is 20.7 Å². The van der Waals surface area contributed by atoms with Crippen LogP contribution in [0.3, 0.4) is 0 Å². The van der Waals surface area contributed by atoms with Gasteiger partial charge in [0, 0.05) is 25.1 Å². The summed E-state index contributed by atoms with van der Waals surface area (Å²) in [5.74, 6) is -0.0606. The maximum absolute atomic E-state index is 12.7. The van der Waals surface area contributed by atoms with Crippen LogP contribution in [0.2, 0.25) is 0 Å². The smallest absolute Gasteiger partial charge is 0.243 e. The van der Waals surface area contributed by atoms with E-state index in [1.807, 2.05) is 30.3 Å². The second kappa shape index (κ2) is 10.3. The van der Waals surface area contributed by atoms with Gasteiger partial charge in [-0.3, -0.25) is 4.79 Å². The molecule has 0 radical (unpaired) electrons. The number of carbonyl (C=O) groups excluding carboxylic acids is 1. The first-order valence-corrected chi connectivity index (χ1v) is 11.8. The van der Waals surface area contributed by atoms with Gasteiger partial charge < -0.3 is 10.4 Å². The summed E-state index contributed by atoms with van der Waals surface area (Å²) < 4.78 is 26.7. The summed E-state index contributed by atoms with van der Waals surface area (Å²) in [5, 5.41) is 24.9. The molecule has 0 fully saturated rings. The molecule has 0 atom stereocenters. The molecule has 170 valence electrons. The molecule has 3 rings (SSSR count). The number of sulfonamides is 1. The Balaban J connectivity index is 1.59. The number of aryl methyl sites for hydroxylation is 1. The van der Waals surface area contributed by atoms with Crippen molar-refractivity contribution in [2.24, 2.45) is 0 Å². The van der Waals surface area contributed by atoms with Crippen molar-refractivity contribution in [1.29, 1.82) is 0 Å². The zero-order valence-corrected chi connectivity index (χ0v) is 18.8. The zero-order valence-electron chi connectivity index (χ0n) is 18.0. The van der Waals surface area contributed by atoms with Gasteiger partial charge in [-0.1, -0.05) is 44.2 Å². The van der Waals surface area contributed by atoms with Gasteiger partial charge in [-0.15, -0.1) is 10.2 Å². The minimum absolute atomic E-state index is 0.00885. The molecular weight excluding hydrogens is 432 g/mol. The van der Waals surface area contributed by atoms with Crippen LogP contribution in [-0.2, 0) is 21.4 Å². The third-order valence-corrected chi connectivity index (χ3v) is 6.88. The zero-order chi connectivity index (χ0) is 23.1. The SMILES string of the molecule is CCN(CC)S(=O)(=O)c1ccc(O)c(NC(=O)CCCn2nnc(-c3ccccc3)n2)c1. The van der Waals surface area contributed by atoms with Crippen molar-refractivity contribution in [2.75, 3.05) is 18.4 Å². The van der Waals surface area contributed by atoms with Crippen LogP contribution < -0.4 is 5.32 Å². The van der Waals surface area contributed by atoms with E-state index in [0.29, 0.717) is 31.9 Å². The van der Waals surface area contributed by atoms with Crippen molar-refractivity contribution < 1.29 is 18.3 Å². The highest BCUT2D eigenvalue weighted by molar-refractivity contribution is 7.89. The molecule has 10 nitrogen and oxygen atoms in total. The Morgan fingerprint density at radius 1 is 1.12 bits per heavy atom. The van der Waals surface area contributed by atoms with Crippen LogP contribution in [0.5, 0.6) is 5.75 Å². The number of phenolic OH excluding ortho intramolecular Hbond substituents is 1. The Labute approximate surface area is 186 Å². The molecule has 0 unspecified atom stereocenters. The summed E-state index contributed by atoms with van der Waals surface area (Å²) in [6.07, 6.45) is 0.573. The van der Waals surface area contributed by atoms with Crippen LogP contribution in [0.25, 0.3) is 11.4 Å². The highest BCUT2D eigenvalue weighted by Gasteiger charge is 2.23. The molecule has 2 aromatic carbocycles. The number of tetrazole rings is 1. The lowest BCUT2D eigenvalue weighted by atomic mass is 10.2. The number of nitrogens with one attached hydrogen (secondary N) is 1. The Morgan fingerprint density at radius 2 is 1.84 bits per heavy atom. The van der Waals surface area contributed by atoms with Gasteiger partial charge in [-0.2, -0.15) is 9.10 Å². The third kappa shape index (κ3) is 5.48. The molecular formula is C21H26N6O4S. The summed E-state index contributed by atoms with van der Waals surface area (Å²) in [7, 11) is -3.71. The standard InChI is InChI=1S/C21H26N6O4S/c1-3-26(4-2)32(30,31)17-12-13-19(28)18(15-17)22-20(29)11-8-14-27-24-21(23-25-27)16-9-6-5-7-10-16/h5-7,9-10,12-13,15,28H,3-4,8,11,14H2,1-2H3,(H,22,29). The van der Waals surface area contributed by atoms with Gasteiger partial charge in [0.2, 0.25) is 21.8 Å². The molecule has 0 bridgehead atoms. The summed E-state index contributed by atoms with van der Waals surface area (Å²) in [6, 6.07) is 13.3. The first kappa shape index (κ1) is 23.4. The Morgan fingerprint density at radius 3 is 2.53 bits per heavy atom. The number of nitrogens with zero attached hydrogens (tertiary/aromatic N) is 5. The van der Waals surface area contributed by atoms with Crippen molar-refractivity contribution in [1.82, 2.24) is 24.5 Å². The van der Waals surface area contributed by atoms with Gasteiger partial charge in [-0.25, -0.2) is 8.42 Å². The van der Waals surface area contributed by atoms with Gasteiger partial charge in [0.05, 0.1) is 17.1 Å². The number of anilines is 1. The number of carbonyl (C=O) groups is 1. The van der Waals surface area contributed by atoms with Crippen LogP contribution in [0, 0.1) is 0 Å². The molecule has 0 saturated heterocycles. The van der Waals surface area contributed by atoms with Gasteiger partial charge in [-0.05, 0) is 29.8 Å². The first-order chi connectivity index (χ1) is 15.3. The molecule has 11 heteroatoms. The summed E-state index contributed by atoms with van der Waals surface area (Å²) in [6.45, 7) is 4.52. The highest BCUT2D eigenvalue weighted by Crippen LogP contribution is 2.28. The first-order valence-electron chi connectivity index (χ1n) is 10.3. The topological polar surface area (TPSA) is 130 Å². The van der Waals surface area contributed by atoms with E-state index in [1.54, 1.807) is 13.8 Å². The quantitative estimate of drug-likeness (QED) is 0.446. The van der Waals surface area contributed by atoms with E-state index in [9.17, 15) is 18.3 Å². The van der Waals surface area contributed by atoms with E-state index in [0.717, 1.165) is 5.56 Å². The molecule has 0 spiro atoms. The molecule has 0 aliphatic carbocycles. The number of phenols is 1. The average Bonchev–Trinajstić information content (AvgIpc) is 3.25. The minimum atomic E-state index is -3.71. The van der Waals surface area contributed by atoms with Crippen LogP contribution in [0.15, 0.2) is 53.4 Å². The Bertz CT molecular complexity index is 1160. The monoisotopic (exact) mass is 458 g/mol. The van der Waals surface area contributed by atoms with Crippen LogP contribution in [0.4, 0.5) is 5.69 Å². The van der Waals surface area contributed by atoms with Crippen LogP contribution in [-0.4, -0.2) is 57.0 Å². The fourth-order valence-corrected chi connectivity index (χ4v) is 4.61. The fraction of sp³-hybridized carbons (Fsp3) is 0.333. The number of rotatable bonds is 10. The number of aromatic hydroxyl groups is 1. The van der Waals surface area contributed by atoms with Gasteiger partial charge >= 0.3 is 0 Å². The van der Waals surface area contributed by atoms with E-state index in [-0.39, 0.29) is 28.7 Å². The molecule has 3 aromatic rings. The highest BCUT2D eigenvalue weighted by atomic mass is 32.2. The molecule has 1 amide bonds. The molecule has 2 N–H and O–H groups in total. The summed E-state index contributed by atoms with van der Waals surface area (Å²) in [5.41, 5.74) is 0.903. The Kier molecular flexibility index (Phi) is 7.54. The van der Waals surface area contributed by atoms with Gasteiger partial charge in [0.1, 0.15) is 5.75 Å². The number of hydrogen-bond acceptors (Lipinski definition) is 7. The third-order valence-electron chi connectivity index (χ3n) is 4.83. The van der Waals surface area contributed by atoms with Crippen molar-refractivity contribution >= 4 is 21.6 Å². The van der Waals surface area contributed by atoms with Crippen molar-refractivity contribution in [3.8, 4) is 17.1 Å². The van der Waals surface area contributed by atoms with Crippen molar-refractivity contribution in [3.63, 3.8) is 0 Å². The minimum Gasteiger partial charge on any atom is -0.506 e. The second-order valence-electron chi connectivity index (χ2n) is 6.99. The van der Waals surface area contributed by atoms with Crippen LogP contribution in [0.1, 0.15) is 26.7 Å². The number of amides is 1. The number of hydrogen-bond donors (Lipinski definition) is 2. The molecule has 1 aromatic heterocycles. The summed E-state index contributed by atoms with van der Waals surface area (Å²) >= 11 is 0. The fourth-order valence-electron chi connectivity index (χ4n) is 3.12. The van der Waals surface area contributed by atoms with E-state index in [4.69, 9.17) is 0 Å². The lowest BCUT2D eigenvalue weighted by Crippen LogP contribution is -2.30. The molecule has 0 aliphatic heterocycles. The molecule has 32 heavy (non-hydrogen) atoms. The Hall–Kier alpha value is -3.31. The lowest BCUT2D eigenvalue weighted by Gasteiger charge is -2.19. The number of benzene rings is 2. The van der Waals surface area contributed by atoms with E-state index in [1.165, 1.54) is 27.3 Å². The lowest BCUT2D eigenvalue weighted by molar-refractivity contribution is -0.116. The molecule has 0 aliphatic rings. The average molecular weight is 459 g/mol. The molecule has 0 saturated carbocycles. The largest absolute Gasteiger partial charge is 0.506 e. The van der Waals surface area contributed by atoms with Gasteiger partial charge in [0.25, 0.3) is 0 Å². The maximum Gasteiger partial charge on any atom is 0.243 e. The van der Waals surface area contributed by atoms with E-state index >= 15 is 0 Å². The predicted molar refractivity (Wildman–Crippen MR) is 119 cm³/mol. The number of aromatic nitrogens is 4. The normalized spacial score (nSPS) is 11.6. The van der Waals surface area contributed by atoms with Crippen molar-refractivity contribution in [2.45, 2.75) is 38.1 Å². The molecule has 1 heterocycles. The van der Waals surface area contributed by atoms with Crippen LogP contribution >= 0.6 is 0 Å². The maximum atomic E-state index is 12.7.